The fraction of sp³-hybridized carbons (Fsp3) is 0.500. The highest BCUT2D eigenvalue weighted by Gasteiger charge is 2.20. The summed E-state index contributed by atoms with van der Waals surface area (Å²) in [6.45, 7) is 3.78. The molecule has 1 aliphatic rings. The fourth-order valence-electron chi connectivity index (χ4n) is 2.56. The Morgan fingerprint density at radius 1 is 1.24 bits per heavy atom. The van der Waals surface area contributed by atoms with E-state index >= 15 is 0 Å². The maximum absolute atomic E-state index is 12.8. The fourth-order valence-corrected chi connectivity index (χ4v) is 2.56. The summed E-state index contributed by atoms with van der Waals surface area (Å²) in [5.41, 5.74) is 0.806. The van der Waals surface area contributed by atoms with Crippen LogP contribution in [-0.4, -0.2) is 36.3 Å². The molecule has 0 radical (unpaired) electrons. The van der Waals surface area contributed by atoms with Gasteiger partial charge in [-0.2, -0.15) is 0 Å². The highest BCUT2D eigenvalue weighted by Crippen LogP contribution is 2.16. The Labute approximate surface area is 124 Å². The van der Waals surface area contributed by atoms with Gasteiger partial charge in [-0.1, -0.05) is 12.1 Å². The largest absolute Gasteiger partial charge is 0.356 e. The summed E-state index contributed by atoms with van der Waals surface area (Å²) < 4.78 is 12.8. The number of rotatable bonds is 4. The van der Waals surface area contributed by atoms with E-state index in [-0.39, 0.29) is 24.1 Å². The molecule has 1 aromatic carbocycles. The van der Waals surface area contributed by atoms with Crippen molar-refractivity contribution in [2.75, 3.05) is 19.6 Å². The normalized spacial score (nSPS) is 15.8. The Morgan fingerprint density at radius 2 is 1.86 bits per heavy atom. The molecular formula is C16H21FN2O2. The second kappa shape index (κ2) is 7.20. The molecule has 1 N–H and O–H groups in total. The molecule has 0 aromatic heterocycles. The Hall–Kier alpha value is -1.91. The number of hydrogen-bond donors (Lipinski definition) is 1. The van der Waals surface area contributed by atoms with Crippen molar-refractivity contribution >= 4 is 11.8 Å². The average molecular weight is 292 g/mol. The first-order valence-electron chi connectivity index (χ1n) is 7.31. The molecule has 1 saturated heterocycles. The minimum Gasteiger partial charge on any atom is -0.356 e. The molecule has 0 atom stereocenters. The predicted octanol–water partition coefficient (Wildman–Crippen LogP) is 1.74. The standard InChI is InChI=1S/C16H21FN2O2/c1-12(20)19-8-6-14(7-9-19)11-18-16(21)10-13-2-4-15(17)5-3-13/h2-5,14H,6-11H2,1H3,(H,18,21). The average Bonchev–Trinajstić information content (AvgIpc) is 2.48. The number of carbonyl (C=O) groups is 2. The zero-order valence-corrected chi connectivity index (χ0v) is 12.3. The van der Waals surface area contributed by atoms with Crippen molar-refractivity contribution in [1.82, 2.24) is 10.2 Å². The number of nitrogens with one attached hydrogen (secondary N) is 1. The first-order chi connectivity index (χ1) is 10.0. The minimum absolute atomic E-state index is 0.0457. The number of amides is 2. The van der Waals surface area contributed by atoms with Gasteiger partial charge in [0, 0.05) is 26.6 Å². The summed E-state index contributed by atoms with van der Waals surface area (Å²) in [4.78, 5) is 24.9. The van der Waals surface area contributed by atoms with E-state index in [2.05, 4.69) is 5.32 Å². The van der Waals surface area contributed by atoms with Crippen molar-refractivity contribution in [3.63, 3.8) is 0 Å². The van der Waals surface area contributed by atoms with Crippen molar-refractivity contribution in [2.24, 2.45) is 5.92 Å². The Balaban J connectivity index is 1.70. The SMILES string of the molecule is CC(=O)N1CCC(CNC(=O)Cc2ccc(F)cc2)CC1. The first-order valence-corrected chi connectivity index (χ1v) is 7.31. The van der Waals surface area contributed by atoms with Gasteiger partial charge in [0.15, 0.2) is 0 Å². The maximum atomic E-state index is 12.8. The van der Waals surface area contributed by atoms with Crippen LogP contribution < -0.4 is 5.32 Å². The van der Waals surface area contributed by atoms with Crippen molar-refractivity contribution in [1.29, 1.82) is 0 Å². The zero-order valence-electron chi connectivity index (χ0n) is 12.3. The molecule has 0 aliphatic carbocycles. The lowest BCUT2D eigenvalue weighted by Crippen LogP contribution is -2.40. The minimum atomic E-state index is -0.295. The van der Waals surface area contributed by atoms with Crippen molar-refractivity contribution < 1.29 is 14.0 Å². The van der Waals surface area contributed by atoms with Gasteiger partial charge < -0.3 is 10.2 Å². The Bertz CT molecular complexity index is 494. The summed E-state index contributed by atoms with van der Waals surface area (Å²) in [5, 5.41) is 2.92. The van der Waals surface area contributed by atoms with Gasteiger partial charge in [0.05, 0.1) is 6.42 Å². The molecule has 2 amide bonds. The van der Waals surface area contributed by atoms with Crippen molar-refractivity contribution in [3.8, 4) is 0 Å². The lowest BCUT2D eigenvalue weighted by Gasteiger charge is -2.31. The number of likely N-dealkylation sites (tertiary alicyclic amines) is 1. The van der Waals surface area contributed by atoms with Crippen LogP contribution in [0, 0.1) is 11.7 Å². The molecular weight excluding hydrogens is 271 g/mol. The number of benzene rings is 1. The summed E-state index contributed by atoms with van der Waals surface area (Å²) in [7, 11) is 0. The second-order valence-electron chi connectivity index (χ2n) is 5.56. The highest BCUT2D eigenvalue weighted by atomic mass is 19.1. The number of hydrogen-bond acceptors (Lipinski definition) is 2. The van der Waals surface area contributed by atoms with Crippen molar-refractivity contribution in [3.05, 3.63) is 35.6 Å². The summed E-state index contributed by atoms with van der Waals surface area (Å²) in [6, 6.07) is 5.97. The van der Waals surface area contributed by atoms with Crippen LogP contribution in [0.25, 0.3) is 0 Å². The third kappa shape index (κ3) is 4.85. The van der Waals surface area contributed by atoms with Gasteiger partial charge in [-0.05, 0) is 36.5 Å². The molecule has 0 spiro atoms. The van der Waals surface area contributed by atoms with Gasteiger partial charge in [0.25, 0.3) is 0 Å². The number of halogens is 1. The van der Waals surface area contributed by atoms with Crippen LogP contribution in [0.2, 0.25) is 0 Å². The molecule has 5 heteroatoms. The van der Waals surface area contributed by atoms with Crippen LogP contribution in [0.1, 0.15) is 25.3 Å². The van der Waals surface area contributed by atoms with E-state index < -0.39 is 0 Å². The van der Waals surface area contributed by atoms with Gasteiger partial charge >= 0.3 is 0 Å². The Morgan fingerprint density at radius 3 is 2.43 bits per heavy atom. The maximum Gasteiger partial charge on any atom is 0.224 e. The summed E-state index contributed by atoms with van der Waals surface area (Å²) in [5.74, 6) is 0.207. The summed E-state index contributed by atoms with van der Waals surface area (Å²) in [6.07, 6.45) is 2.12. The molecule has 114 valence electrons. The van der Waals surface area contributed by atoms with E-state index in [4.69, 9.17) is 0 Å². The molecule has 1 heterocycles. The van der Waals surface area contributed by atoms with Crippen LogP contribution in [0.5, 0.6) is 0 Å². The molecule has 0 bridgehead atoms. The topological polar surface area (TPSA) is 49.4 Å². The van der Waals surface area contributed by atoms with Crippen LogP contribution in [0.4, 0.5) is 4.39 Å². The van der Waals surface area contributed by atoms with Gasteiger partial charge in [0.1, 0.15) is 5.82 Å². The lowest BCUT2D eigenvalue weighted by atomic mass is 9.96. The van der Waals surface area contributed by atoms with Gasteiger partial charge in [-0.15, -0.1) is 0 Å². The lowest BCUT2D eigenvalue weighted by molar-refractivity contribution is -0.130. The third-order valence-corrected chi connectivity index (χ3v) is 3.93. The van der Waals surface area contributed by atoms with E-state index in [1.807, 2.05) is 4.90 Å². The van der Waals surface area contributed by atoms with Crippen LogP contribution in [0.15, 0.2) is 24.3 Å². The monoisotopic (exact) mass is 292 g/mol. The quantitative estimate of drug-likeness (QED) is 0.919. The molecule has 4 nitrogen and oxygen atoms in total. The number of nitrogens with zero attached hydrogens (tertiary/aromatic N) is 1. The number of carbonyl (C=O) groups excluding carboxylic acids is 2. The molecule has 2 rings (SSSR count). The van der Waals surface area contributed by atoms with Gasteiger partial charge in [-0.25, -0.2) is 4.39 Å². The second-order valence-corrected chi connectivity index (χ2v) is 5.56. The number of piperidine rings is 1. The summed E-state index contributed by atoms with van der Waals surface area (Å²) >= 11 is 0. The molecule has 1 fully saturated rings. The molecule has 0 saturated carbocycles. The van der Waals surface area contributed by atoms with Gasteiger partial charge in [-0.3, -0.25) is 9.59 Å². The molecule has 1 aromatic rings. The third-order valence-electron chi connectivity index (χ3n) is 3.93. The Kier molecular flexibility index (Phi) is 5.31. The molecule has 1 aliphatic heterocycles. The molecule has 0 unspecified atom stereocenters. The highest BCUT2D eigenvalue weighted by molar-refractivity contribution is 5.78. The van der Waals surface area contributed by atoms with Crippen LogP contribution in [-0.2, 0) is 16.0 Å². The van der Waals surface area contributed by atoms with Gasteiger partial charge in [0.2, 0.25) is 11.8 Å². The van der Waals surface area contributed by atoms with E-state index in [9.17, 15) is 14.0 Å². The first kappa shape index (κ1) is 15.5. The zero-order chi connectivity index (χ0) is 15.2. The van der Waals surface area contributed by atoms with Crippen LogP contribution in [0.3, 0.4) is 0 Å². The van der Waals surface area contributed by atoms with Crippen LogP contribution >= 0.6 is 0 Å². The molecule has 21 heavy (non-hydrogen) atoms. The van der Waals surface area contributed by atoms with E-state index in [1.165, 1.54) is 12.1 Å². The predicted molar refractivity (Wildman–Crippen MR) is 78.1 cm³/mol. The smallest absolute Gasteiger partial charge is 0.224 e. The van der Waals surface area contributed by atoms with E-state index in [1.54, 1.807) is 19.1 Å². The van der Waals surface area contributed by atoms with Crippen molar-refractivity contribution in [2.45, 2.75) is 26.2 Å². The van der Waals surface area contributed by atoms with E-state index in [0.717, 1.165) is 31.5 Å². The van der Waals surface area contributed by atoms with E-state index in [0.29, 0.717) is 12.5 Å².